The molecule has 0 saturated carbocycles. The van der Waals surface area contributed by atoms with Crippen molar-refractivity contribution in [2.75, 3.05) is 6.61 Å². The summed E-state index contributed by atoms with van der Waals surface area (Å²) in [6.07, 6.45) is -2.99. The van der Waals surface area contributed by atoms with E-state index >= 15 is 0 Å². The van der Waals surface area contributed by atoms with Crippen LogP contribution < -0.4 is 0 Å². The van der Waals surface area contributed by atoms with Crippen LogP contribution in [0.25, 0.3) is 28.2 Å². The highest BCUT2D eigenvalue weighted by molar-refractivity contribution is 5.80. The van der Waals surface area contributed by atoms with E-state index in [0.717, 1.165) is 33.8 Å². The first-order valence-corrected chi connectivity index (χ1v) is 13.8. The van der Waals surface area contributed by atoms with Gasteiger partial charge in [0, 0.05) is 16.8 Å². The van der Waals surface area contributed by atoms with Crippen LogP contribution in [0.3, 0.4) is 0 Å². The Morgan fingerprint density at radius 1 is 0.800 bits per heavy atom. The van der Waals surface area contributed by atoms with Gasteiger partial charge in [0.05, 0.1) is 18.0 Å². The second kappa shape index (κ2) is 10.3. The number of aliphatic hydroxyl groups is 1. The SMILES string of the molecule is Cc1ccc(-n2c(C3OC(C)(C)O[C@H]3[C@@H](O)[C@H]3COC(C)(C)O3)nc(-c3ccccc3)c2-c2ccccc2)cc1. The number of benzene rings is 3. The number of aromatic nitrogens is 2. The molecular formula is C33H36N2O5. The third-order valence-corrected chi connectivity index (χ3v) is 7.42. The van der Waals surface area contributed by atoms with E-state index in [1.54, 1.807) is 0 Å². The predicted octanol–water partition coefficient (Wildman–Crippen LogP) is 6.22. The molecule has 0 bridgehead atoms. The topological polar surface area (TPSA) is 75.0 Å². The lowest BCUT2D eigenvalue weighted by Gasteiger charge is -2.27. The molecule has 208 valence electrons. The fourth-order valence-corrected chi connectivity index (χ4v) is 5.58. The maximum Gasteiger partial charge on any atom is 0.164 e. The monoisotopic (exact) mass is 540 g/mol. The van der Waals surface area contributed by atoms with E-state index in [1.807, 2.05) is 64.1 Å². The molecule has 7 heteroatoms. The molecule has 0 radical (unpaired) electrons. The van der Waals surface area contributed by atoms with E-state index in [1.165, 1.54) is 0 Å². The fraction of sp³-hybridized carbons (Fsp3) is 0.364. The van der Waals surface area contributed by atoms with Gasteiger partial charge in [-0.05, 0) is 46.8 Å². The molecule has 2 saturated heterocycles. The normalized spacial score (nSPS) is 24.3. The number of hydrogen-bond donors (Lipinski definition) is 1. The van der Waals surface area contributed by atoms with Crippen molar-refractivity contribution in [3.8, 4) is 28.2 Å². The van der Waals surface area contributed by atoms with E-state index in [9.17, 15) is 5.11 Å². The highest BCUT2D eigenvalue weighted by Gasteiger charge is 2.52. The molecule has 1 aromatic heterocycles. The molecule has 4 atom stereocenters. The maximum absolute atomic E-state index is 11.6. The highest BCUT2D eigenvalue weighted by atomic mass is 16.8. The molecule has 0 spiro atoms. The van der Waals surface area contributed by atoms with Crippen LogP contribution in [-0.4, -0.2) is 51.2 Å². The molecule has 2 aliphatic rings. The van der Waals surface area contributed by atoms with Crippen LogP contribution in [0.4, 0.5) is 0 Å². The smallest absolute Gasteiger partial charge is 0.164 e. The lowest BCUT2D eigenvalue weighted by atomic mass is 10.0. The van der Waals surface area contributed by atoms with Gasteiger partial charge in [0.2, 0.25) is 0 Å². The van der Waals surface area contributed by atoms with Crippen molar-refractivity contribution in [3.05, 3.63) is 96.3 Å². The Morgan fingerprint density at radius 3 is 2.02 bits per heavy atom. The molecule has 6 rings (SSSR count). The zero-order valence-electron chi connectivity index (χ0n) is 23.6. The summed E-state index contributed by atoms with van der Waals surface area (Å²) >= 11 is 0. The minimum atomic E-state index is -1.00. The molecule has 2 aliphatic heterocycles. The van der Waals surface area contributed by atoms with Crippen LogP contribution in [0.15, 0.2) is 84.9 Å². The third kappa shape index (κ3) is 5.11. The number of ether oxygens (including phenoxy) is 4. The summed E-state index contributed by atoms with van der Waals surface area (Å²) in [5.74, 6) is -1.08. The van der Waals surface area contributed by atoms with E-state index in [2.05, 4.69) is 60.0 Å². The van der Waals surface area contributed by atoms with Gasteiger partial charge < -0.3 is 24.1 Å². The number of hydrogen-bond acceptors (Lipinski definition) is 6. The third-order valence-electron chi connectivity index (χ3n) is 7.42. The second-order valence-electron chi connectivity index (χ2n) is 11.4. The number of aliphatic hydroxyl groups excluding tert-OH is 1. The Kier molecular flexibility index (Phi) is 6.89. The van der Waals surface area contributed by atoms with Gasteiger partial charge in [-0.1, -0.05) is 78.4 Å². The Balaban J connectivity index is 1.56. The van der Waals surface area contributed by atoms with Gasteiger partial charge >= 0.3 is 0 Å². The average molecular weight is 541 g/mol. The van der Waals surface area contributed by atoms with Crippen molar-refractivity contribution in [2.24, 2.45) is 0 Å². The van der Waals surface area contributed by atoms with Crippen LogP contribution in [-0.2, 0) is 18.9 Å². The van der Waals surface area contributed by atoms with Crippen LogP contribution in [0.1, 0.15) is 45.2 Å². The maximum atomic E-state index is 11.6. The first-order chi connectivity index (χ1) is 19.1. The summed E-state index contributed by atoms with van der Waals surface area (Å²) < 4.78 is 26.9. The number of imidazole rings is 1. The lowest BCUT2D eigenvalue weighted by Crippen LogP contribution is -2.43. The van der Waals surface area contributed by atoms with Crippen molar-refractivity contribution in [2.45, 2.75) is 70.6 Å². The van der Waals surface area contributed by atoms with E-state index in [0.29, 0.717) is 5.82 Å². The summed E-state index contributed by atoms with van der Waals surface area (Å²) in [5, 5.41) is 11.6. The molecule has 2 fully saturated rings. The molecule has 1 unspecified atom stereocenters. The minimum absolute atomic E-state index is 0.262. The van der Waals surface area contributed by atoms with Gasteiger partial charge in [0.1, 0.15) is 30.2 Å². The minimum Gasteiger partial charge on any atom is -0.387 e. The summed E-state index contributed by atoms with van der Waals surface area (Å²) in [5.41, 5.74) is 5.87. The quantitative estimate of drug-likeness (QED) is 0.313. The van der Waals surface area contributed by atoms with Crippen LogP contribution in [0, 0.1) is 6.92 Å². The zero-order chi connectivity index (χ0) is 28.1. The number of rotatable bonds is 6. The molecule has 4 aromatic rings. The van der Waals surface area contributed by atoms with Crippen molar-refractivity contribution < 1.29 is 24.1 Å². The Bertz CT molecular complexity index is 1460. The first-order valence-electron chi connectivity index (χ1n) is 13.8. The van der Waals surface area contributed by atoms with Gasteiger partial charge in [-0.15, -0.1) is 0 Å². The summed E-state index contributed by atoms with van der Waals surface area (Å²) in [6, 6.07) is 28.7. The molecule has 3 heterocycles. The first kappa shape index (κ1) is 26.9. The Labute approximate surface area is 235 Å². The molecule has 0 aliphatic carbocycles. The average Bonchev–Trinajstić information content (AvgIpc) is 3.61. The Hall–Kier alpha value is -3.33. The van der Waals surface area contributed by atoms with Crippen molar-refractivity contribution in [1.82, 2.24) is 9.55 Å². The summed E-state index contributed by atoms with van der Waals surface area (Å²) in [4.78, 5) is 5.27. The molecular weight excluding hydrogens is 504 g/mol. The van der Waals surface area contributed by atoms with Crippen molar-refractivity contribution in [1.29, 1.82) is 0 Å². The Morgan fingerprint density at radius 2 is 1.43 bits per heavy atom. The number of nitrogens with zero attached hydrogens (tertiary/aromatic N) is 2. The molecule has 0 amide bonds. The molecule has 40 heavy (non-hydrogen) atoms. The van der Waals surface area contributed by atoms with Crippen LogP contribution >= 0.6 is 0 Å². The standard InChI is InChI=1S/C33H36N2O5/c1-21-16-18-24(19-17-21)35-27(23-14-10-7-11-15-23)26(22-12-8-6-9-13-22)34-31(35)30-29(39-33(4,5)40-30)28(36)25-20-37-32(2,3)38-25/h6-19,25,28-30,36H,20H2,1-5H3/t25-,28+,29+,30?/m1/s1. The van der Waals surface area contributed by atoms with E-state index < -0.39 is 36.0 Å². The van der Waals surface area contributed by atoms with Gasteiger partial charge in [-0.3, -0.25) is 4.57 Å². The molecule has 1 N–H and O–H groups in total. The lowest BCUT2D eigenvalue weighted by molar-refractivity contribution is -0.178. The second-order valence-corrected chi connectivity index (χ2v) is 11.4. The fourth-order valence-electron chi connectivity index (χ4n) is 5.58. The van der Waals surface area contributed by atoms with E-state index in [-0.39, 0.29) is 6.61 Å². The summed E-state index contributed by atoms with van der Waals surface area (Å²) in [6.45, 7) is 9.74. The highest BCUT2D eigenvalue weighted by Crippen LogP contribution is 2.45. The van der Waals surface area contributed by atoms with Gasteiger partial charge in [-0.2, -0.15) is 0 Å². The van der Waals surface area contributed by atoms with Crippen molar-refractivity contribution in [3.63, 3.8) is 0 Å². The van der Waals surface area contributed by atoms with Crippen LogP contribution in [0.5, 0.6) is 0 Å². The summed E-state index contributed by atoms with van der Waals surface area (Å²) in [7, 11) is 0. The largest absolute Gasteiger partial charge is 0.387 e. The molecule has 7 nitrogen and oxygen atoms in total. The predicted molar refractivity (Wildman–Crippen MR) is 153 cm³/mol. The zero-order valence-corrected chi connectivity index (χ0v) is 23.6. The van der Waals surface area contributed by atoms with Gasteiger partial charge in [-0.25, -0.2) is 4.98 Å². The molecule has 3 aromatic carbocycles. The van der Waals surface area contributed by atoms with Gasteiger partial charge in [0.25, 0.3) is 0 Å². The van der Waals surface area contributed by atoms with Crippen LogP contribution in [0.2, 0.25) is 0 Å². The van der Waals surface area contributed by atoms with E-state index in [4.69, 9.17) is 23.9 Å². The number of aryl methyl sites for hydroxylation is 1. The van der Waals surface area contributed by atoms with Gasteiger partial charge in [0.15, 0.2) is 11.6 Å². The van der Waals surface area contributed by atoms with Crippen molar-refractivity contribution >= 4 is 0 Å².